The number of ether oxygens (including phenoxy) is 2. The fourth-order valence-corrected chi connectivity index (χ4v) is 5.22. The third-order valence-corrected chi connectivity index (χ3v) is 7.71. The van der Waals surface area contributed by atoms with Crippen LogP contribution in [0.5, 0.6) is 11.5 Å². The van der Waals surface area contributed by atoms with E-state index in [2.05, 4.69) is 5.32 Å². The van der Waals surface area contributed by atoms with Crippen molar-refractivity contribution in [3.05, 3.63) is 89.7 Å². The Morgan fingerprint density at radius 2 is 1.62 bits per heavy atom. The molecule has 0 saturated heterocycles. The fraction of sp³-hybridized carbons (Fsp3) is 0.355. The normalized spacial score (nSPS) is 12.0. The molecule has 1 atom stereocenters. The molecule has 0 radical (unpaired) electrons. The predicted octanol–water partition coefficient (Wildman–Crippen LogP) is 4.02. The number of carbonyl (C=O) groups is 2. The number of rotatable bonds is 14. The minimum absolute atomic E-state index is 0.0856. The van der Waals surface area contributed by atoms with Crippen LogP contribution >= 0.6 is 0 Å². The Labute approximate surface area is 247 Å². The summed E-state index contributed by atoms with van der Waals surface area (Å²) in [6.07, 6.45) is 1.10. The van der Waals surface area contributed by atoms with Gasteiger partial charge in [0.25, 0.3) is 0 Å². The van der Waals surface area contributed by atoms with Crippen LogP contribution in [0.2, 0.25) is 0 Å². The van der Waals surface area contributed by atoms with E-state index in [9.17, 15) is 22.4 Å². The van der Waals surface area contributed by atoms with E-state index in [0.29, 0.717) is 12.3 Å². The summed E-state index contributed by atoms with van der Waals surface area (Å²) in [6, 6.07) is 18.6. The van der Waals surface area contributed by atoms with Gasteiger partial charge in [-0.1, -0.05) is 62.4 Å². The summed E-state index contributed by atoms with van der Waals surface area (Å²) in [5.41, 5.74) is 1.05. The molecule has 42 heavy (non-hydrogen) atoms. The molecule has 3 rings (SSSR count). The van der Waals surface area contributed by atoms with Crippen molar-refractivity contribution in [2.24, 2.45) is 5.92 Å². The number of amides is 2. The lowest BCUT2D eigenvalue weighted by molar-refractivity contribution is -0.140. The van der Waals surface area contributed by atoms with E-state index in [-0.39, 0.29) is 35.9 Å². The molecular formula is C31H38FN3O6S. The third-order valence-electron chi connectivity index (χ3n) is 6.59. The van der Waals surface area contributed by atoms with Crippen LogP contribution in [0.1, 0.15) is 25.0 Å². The minimum Gasteiger partial charge on any atom is -0.497 e. The van der Waals surface area contributed by atoms with Gasteiger partial charge in [0.2, 0.25) is 21.8 Å². The summed E-state index contributed by atoms with van der Waals surface area (Å²) >= 11 is 0. The van der Waals surface area contributed by atoms with Crippen LogP contribution in [0, 0.1) is 11.7 Å². The Morgan fingerprint density at radius 1 is 0.952 bits per heavy atom. The average Bonchev–Trinajstić information content (AvgIpc) is 2.96. The quantitative estimate of drug-likeness (QED) is 0.300. The molecule has 9 nitrogen and oxygen atoms in total. The summed E-state index contributed by atoms with van der Waals surface area (Å²) in [6.45, 7) is 3.33. The lowest BCUT2D eigenvalue weighted by atomic mass is 10.0. The molecule has 2 amide bonds. The highest BCUT2D eigenvalue weighted by Crippen LogP contribution is 2.34. The first-order chi connectivity index (χ1) is 19.9. The van der Waals surface area contributed by atoms with Crippen LogP contribution in [0.4, 0.5) is 10.1 Å². The van der Waals surface area contributed by atoms with E-state index in [4.69, 9.17) is 9.47 Å². The zero-order valence-electron chi connectivity index (χ0n) is 24.5. The van der Waals surface area contributed by atoms with Gasteiger partial charge in [-0.15, -0.1) is 0 Å². The Kier molecular flexibility index (Phi) is 11.3. The molecule has 11 heteroatoms. The van der Waals surface area contributed by atoms with E-state index in [1.54, 1.807) is 12.1 Å². The van der Waals surface area contributed by atoms with E-state index < -0.39 is 40.2 Å². The second kappa shape index (κ2) is 14.7. The summed E-state index contributed by atoms with van der Waals surface area (Å²) in [5, 5.41) is 2.89. The first kappa shape index (κ1) is 32.4. The molecule has 0 aromatic heterocycles. The third kappa shape index (κ3) is 8.69. The highest BCUT2D eigenvalue weighted by atomic mass is 32.2. The molecule has 0 unspecified atom stereocenters. The van der Waals surface area contributed by atoms with Gasteiger partial charge in [0.1, 0.15) is 29.9 Å². The van der Waals surface area contributed by atoms with Crippen LogP contribution in [0.25, 0.3) is 0 Å². The smallest absolute Gasteiger partial charge is 0.244 e. The number of carbonyl (C=O) groups excluding carboxylic acids is 2. The highest BCUT2D eigenvalue weighted by molar-refractivity contribution is 7.92. The maximum absolute atomic E-state index is 14.9. The number of anilines is 1. The molecule has 1 N–H and O–H groups in total. The van der Waals surface area contributed by atoms with E-state index >= 15 is 0 Å². The minimum atomic E-state index is -4.04. The van der Waals surface area contributed by atoms with Gasteiger partial charge in [0, 0.05) is 31.1 Å². The standard InChI is InChI=1S/C31H38FN3O6S/c1-22(2)19-33-31(37)28(17-23-11-7-6-8-12-23)34(20-24-13-9-10-14-26(24)32)30(36)21-35(42(5,38)39)27-18-25(40-3)15-16-29(27)41-4/h6-16,18,22,28H,17,19-21H2,1-5H3,(H,33,37)/t28-/m1/s1. The number of hydrogen-bond donors (Lipinski definition) is 1. The molecule has 0 spiro atoms. The zero-order chi connectivity index (χ0) is 30.9. The van der Waals surface area contributed by atoms with Gasteiger partial charge in [-0.25, -0.2) is 12.8 Å². The van der Waals surface area contributed by atoms with Crippen LogP contribution in [-0.4, -0.2) is 64.7 Å². The number of nitrogens with zero attached hydrogens (tertiary/aromatic N) is 2. The van der Waals surface area contributed by atoms with Crippen molar-refractivity contribution in [1.82, 2.24) is 10.2 Å². The van der Waals surface area contributed by atoms with Crippen molar-refractivity contribution in [3.63, 3.8) is 0 Å². The molecule has 0 heterocycles. The number of methoxy groups -OCH3 is 2. The van der Waals surface area contributed by atoms with E-state index in [1.165, 1.54) is 49.5 Å². The van der Waals surface area contributed by atoms with Gasteiger partial charge < -0.3 is 19.7 Å². The number of halogens is 1. The van der Waals surface area contributed by atoms with Crippen LogP contribution in [-0.2, 0) is 32.6 Å². The number of sulfonamides is 1. The molecule has 0 aliphatic carbocycles. The molecule has 0 fully saturated rings. The number of nitrogens with one attached hydrogen (secondary N) is 1. The van der Waals surface area contributed by atoms with Crippen molar-refractivity contribution in [2.75, 3.05) is 37.9 Å². The van der Waals surface area contributed by atoms with Gasteiger partial charge >= 0.3 is 0 Å². The molecular weight excluding hydrogens is 561 g/mol. The Morgan fingerprint density at radius 3 is 2.21 bits per heavy atom. The van der Waals surface area contributed by atoms with Crippen molar-refractivity contribution < 1.29 is 31.9 Å². The molecule has 0 aliphatic heterocycles. The highest BCUT2D eigenvalue weighted by Gasteiger charge is 2.34. The van der Waals surface area contributed by atoms with Gasteiger partial charge in [-0.2, -0.15) is 0 Å². The maximum Gasteiger partial charge on any atom is 0.244 e. The van der Waals surface area contributed by atoms with Crippen LogP contribution in [0.15, 0.2) is 72.8 Å². The number of benzene rings is 3. The summed E-state index contributed by atoms with van der Waals surface area (Å²) in [4.78, 5) is 29.0. The Balaban J connectivity index is 2.11. The average molecular weight is 600 g/mol. The summed E-state index contributed by atoms with van der Waals surface area (Å²) in [7, 11) is -1.22. The zero-order valence-corrected chi connectivity index (χ0v) is 25.4. The molecule has 0 aliphatic rings. The van der Waals surface area contributed by atoms with Crippen molar-refractivity contribution in [1.29, 1.82) is 0 Å². The van der Waals surface area contributed by atoms with E-state index in [0.717, 1.165) is 16.1 Å². The molecule has 226 valence electrons. The summed E-state index contributed by atoms with van der Waals surface area (Å²) < 4.78 is 52.6. The van der Waals surface area contributed by atoms with Crippen molar-refractivity contribution in [3.8, 4) is 11.5 Å². The van der Waals surface area contributed by atoms with Crippen molar-refractivity contribution in [2.45, 2.75) is 32.9 Å². The summed E-state index contributed by atoms with van der Waals surface area (Å²) in [5.74, 6) is -0.985. The van der Waals surface area contributed by atoms with E-state index in [1.807, 2.05) is 44.2 Å². The van der Waals surface area contributed by atoms with Gasteiger partial charge in [0.05, 0.1) is 26.2 Å². The topological polar surface area (TPSA) is 105 Å². The second-order valence-electron chi connectivity index (χ2n) is 10.3. The largest absolute Gasteiger partial charge is 0.497 e. The molecule has 0 bridgehead atoms. The maximum atomic E-state index is 14.9. The first-order valence-electron chi connectivity index (χ1n) is 13.5. The molecule has 3 aromatic carbocycles. The predicted molar refractivity (Wildman–Crippen MR) is 160 cm³/mol. The Hall–Kier alpha value is -4.12. The lowest BCUT2D eigenvalue weighted by Crippen LogP contribution is -2.53. The van der Waals surface area contributed by atoms with Gasteiger partial charge in [0.15, 0.2) is 0 Å². The molecule has 3 aromatic rings. The fourth-order valence-electron chi connectivity index (χ4n) is 4.37. The Bertz CT molecular complexity index is 1470. The lowest BCUT2D eigenvalue weighted by Gasteiger charge is -2.34. The van der Waals surface area contributed by atoms with Crippen LogP contribution in [0.3, 0.4) is 0 Å². The van der Waals surface area contributed by atoms with Gasteiger partial charge in [-0.3, -0.25) is 13.9 Å². The SMILES string of the molecule is COc1ccc(OC)c(N(CC(=O)N(Cc2ccccc2F)[C@H](Cc2ccccc2)C(=O)NCC(C)C)S(C)(=O)=O)c1. The van der Waals surface area contributed by atoms with Crippen LogP contribution < -0.4 is 19.1 Å². The molecule has 0 saturated carbocycles. The first-order valence-corrected chi connectivity index (χ1v) is 15.3. The number of hydrogen-bond acceptors (Lipinski definition) is 6. The van der Waals surface area contributed by atoms with Gasteiger partial charge in [-0.05, 0) is 29.7 Å². The second-order valence-corrected chi connectivity index (χ2v) is 12.2. The monoisotopic (exact) mass is 599 g/mol. The van der Waals surface area contributed by atoms with Crippen molar-refractivity contribution >= 4 is 27.5 Å².